The number of amides is 1. The molecule has 0 spiro atoms. The number of nitrogens with one attached hydrogen (secondary N) is 1. The van der Waals surface area contributed by atoms with E-state index in [4.69, 9.17) is 0 Å². The van der Waals surface area contributed by atoms with Crippen LogP contribution in [0.2, 0.25) is 0 Å². The van der Waals surface area contributed by atoms with Crippen LogP contribution in [0.5, 0.6) is 0 Å². The molecule has 0 bridgehead atoms. The average molecular weight is 360 g/mol. The summed E-state index contributed by atoms with van der Waals surface area (Å²) in [5.41, 5.74) is 0. The van der Waals surface area contributed by atoms with Crippen LogP contribution in [-0.2, 0) is 14.6 Å². The number of carbonyl (C=O) groups is 1. The molecule has 2 aliphatic heterocycles. The third kappa shape index (κ3) is 4.11. The van der Waals surface area contributed by atoms with Crippen molar-refractivity contribution in [2.45, 2.75) is 44.3 Å². The van der Waals surface area contributed by atoms with Crippen molar-refractivity contribution in [1.29, 1.82) is 0 Å². The third-order valence-corrected chi connectivity index (χ3v) is 7.83. The molecule has 0 aromatic rings. The fourth-order valence-electron chi connectivity index (χ4n) is 4.03. The predicted octanol–water partition coefficient (Wildman–Crippen LogP) is 0.734. The molecule has 0 atom stereocenters. The minimum Gasteiger partial charge on any atom is -0.341 e. The Morgan fingerprint density at radius 3 is 2.17 bits per heavy atom. The van der Waals surface area contributed by atoms with Crippen LogP contribution < -0.4 is 5.32 Å². The molecule has 0 radical (unpaired) electrons. The molecule has 7 heteroatoms. The van der Waals surface area contributed by atoms with Crippen LogP contribution in [0.1, 0.15) is 39.5 Å². The maximum Gasteiger partial charge on any atom is 0.244 e. The molecule has 2 fully saturated rings. The van der Waals surface area contributed by atoms with E-state index in [9.17, 15) is 13.2 Å². The van der Waals surface area contributed by atoms with Gasteiger partial charge in [0.05, 0.1) is 0 Å². The molecule has 0 aromatic carbocycles. The Labute approximate surface area is 146 Å². The van der Waals surface area contributed by atoms with E-state index in [2.05, 4.69) is 24.1 Å². The van der Waals surface area contributed by atoms with Crippen LogP contribution in [0.4, 0.5) is 0 Å². The van der Waals surface area contributed by atoms with E-state index in [0.717, 1.165) is 32.5 Å². The number of likely N-dealkylation sites (tertiary alicyclic amines) is 1. The Kier molecular flexibility index (Phi) is 6.67. The summed E-state index contributed by atoms with van der Waals surface area (Å²) >= 11 is 0. The summed E-state index contributed by atoms with van der Waals surface area (Å²) in [5.74, 6) is 0.448. The van der Waals surface area contributed by atoms with Gasteiger partial charge in [-0.15, -0.1) is 0 Å². The molecule has 2 aliphatic rings. The summed E-state index contributed by atoms with van der Waals surface area (Å²) in [6, 6.07) is 0. The zero-order valence-corrected chi connectivity index (χ0v) is 16.2. The highest BCUT2D eigenvalue weighted by atomic mass is 32.2. The third-order valence-electron chi connectivity index (χ3n) is 5.82. The molecule has 140 valence electrons. The first-order valence-electron chi connectivity index (χ1n) is 9.26. The van der Waals surface area contributed by atoms with E-state index in [1.54, 1.807) is 0 Å². The Morgan fingerprint density at radius 2 is 1.71 bits per heavy atom. The number of piperidine rings is 2. The highest BCUT2D eigenvalue weighted by Gasteiger charge is 2.50. The van der Waals surface area contributed by atoms with Crippen molar-refractivity contribution in [1.82, 2.24) is 15.1 Å². The maximum absolute atomic E-state index is 13.1. The van der Waals surface area contributed by atoms with E-state index in [-0.39, 0.29) is 5.91 Å². The van der Waals surface area contributed by atoms with Crippen molar-refractivity contribution in [2.24, 2.45) is 5.92 Å². The number of rotatable bonds is 6. The van der Waals surface area contributed by atoms with Gasteiger partial charge in [0.15, 0.2) is 14.6 Å². The van der Waals surface area contributed by atoms with Crippen molar-refractivity contribution in [2.75, 3.05) is 52.1 Å². The number of hydrogen-bond donors (Lipinski definition) is 1. The second kappa shape index (κ2) is 8.15. The van der Waals surface area contributed by atoms with Crippen LogP contribution in [0, 0.1) is 5.92 Å². The minimum absolute atomic E-state index is 0.159. The Balaban J connectivity index is 2.01. The molecule has 0 unspecified atom stereocenters. The van der Waals surface area contributed by atoms with Crippen LogP contribution >= 0.6 is 0 Å². The molecule has 0 saturated carbocycles. The van der Waals surface area contributed by atoms with Crippen LogP contribution in [0.25, 0.3) is 0 Å². The Hall–Kier alpha value is -0.660. The lowest BCUT2D eigenvalue weighted by Gasteiger charge is -2.41. The standard InChI is InChI=1S/C17H33N3O3S/c1-4-19(5-2)14-15-6-12-20(13-7-15)16(21)17(24(3,22)23)8-10-18-11-9-17/h15,18H,4-14H2,1-3H3. The molecule has 1 N–H and O–H groups in total. The normalized spacial score (nSPS) is 22.8. The van der Waals surface area contributed by atoms with Crippen molar-refractivity contribution in [3.63, 3.8) is 0 Å². The van der Waals surface area contributed by atoms with Crippen LogP contribution in [0.15, 0.2) is 0 Å². The predicted molar refractivity (Wildman–Crippen MR) is 96.8 cm³/mol. The van der Waals surface area contributed by atoms with Crippen molar-refractivity contribution in [3.05, 3.63) is 0 Å². The quantitative estimate of drug-likeness (QED) is 0.757. The molecule has 6 nitrogen and oxygen atoms in total. The Morgan fingerprint density at radius 1 is 1.17 bits per heavy atom. The summed E-state index contributed by atoms with van der Waals surface area (Å²) < 4.78 is 23.6. The first kappa shape index (κ1) is 19.7. The van der Waals surface area contributed by atoms with Gasteiger partial charge in [-0.05, 0) is 57.8 Å². The van der Waals surface area contributed by atoms with E-state index < -0.39 is 14.6 Å². The molecule has 1 amide bonds. The second-order valence-electron chi connectivity index (χ2n) is 7.24. The smallest absolute Gasteiger partial charge is 0.244 e. The largest absolute Gasteiger partial charge is 0.341 e. The molecular weight excluding hydrogens is 326 g/mol. The summed E-state index contributed by atoms with van der Waals surface area (Å²) in [6.07, 6.45) is 3.96. The zero-order chi connectivity index (χ0) is 17.8. The van der Waals surface area contributed by atoms with Gasteiger partial charge in [0, 0.05) is 25.9 Å². The fourth-order valence-corrected chi connectivity index (χ4v) is 5.42. The van der Waals surface area contributed by atoms with E-state index in [1.165, 1.54) is 6.26 Å². The van der Waals surface area contributed by atoms with Crippen LogP contribution in [0.3, 0.4) is 0 Å². The molecular formula is C17H33N3O3S. The molecule has 0 aliphatic carbocycles. The van der Waals surface area contributed by atoms with Crippen molar-refractivity contribution in [3.8, 4) is 0 Å². The fraction of sp³-hybridized carbons (Fsp3) is 0.941. The van der Waals surface area contributed by atoms with Gasteiger partial charge in [-0.3, -0.25) is 4.79 Å². The first-order valence-corrected chi connectivity index (χ1v) is 11.1. The van der Waals surface area contributed by atoms with Crippen molar-refractivity contribution < 1.29 is 13.2 Å². The van der Waals surface area contributed by atoms with Crippen LogP contribution in [-0.4, -0.2) is 80.9 Å². The highest BCUT2D eigenvalue weighted by molar-refractivity contribution is 7.92. The van der Waals surface area contributed by atoms with Gasteiger partial charge in [0.2, 0.25) is 5.91 Å². The number of sulfone groups is 1. The van der Waals surface area contributed by atoms with Gasteiger partial charge < -0.3 is 15.1 Å². The Bertz CT molecular complexity index is 517. The van der Waals surface area contributed by atoms with E-state index in [1.807, 2.05) is 4.90 Å². The van der Waals surface area contributed by atoms with Gasteiger partial charge in [0.25, 0.3) is 0 Å². The summed E-state index contributed by atoms with van der Waals surface area (Å²) in [6.45, 7) is 10.1. The molecule has 24 heavy (non-hydrogen) atoms. The summed E-state index contributed by atoms with van der Waals surface area (Å²) in [4.78, 5) is 17.3. The van der Waals surface area contributed by atoms with E-state index >= 15 is 0 Å². The number of carbonyl (C=O) groups excluding carboxylic acids is 1. The first-order chi connectivity index (χ1) is 11.3. The highest BCUT2D eigenvalue weighted by Crippen LogP contribution is 2.32. The second-order valence-corrected chi connectivity index (χ2v) is 9.56. The van der Waals surface area contributed by atoms with E-state index in [0.29, 0.717) is 44.9 Å². The molecule has 2 rings (SSSR count). The number of hydrogen-bond acceptors (Lipinski definition) is 5. The SMILES string of the molecule is CCN(CC)CC1CCN(C(=O)C2(S(C)(=O)=O)CCNCC2)CC1. The summed E-state index contributed by atoms with van der Waals surface area (Å²) in [7, 11) is -3.42. The monoisotopic (exact) mass is 359 g/mol. The average Bonchev–Trinajstić information content (AvgIpc) is 2.59. The summed E-state index contributed by atoms with van der Waals surface area (Å²) in [5, 5.41) is 3.17. The van der Waals surface area contributed by atoms with Gasteiger partial charge in [-0.1, -0.05) is 13.8 Å². The minimum atomic E-state index is -3.42. The van der Waals surface area contributed by atoms with Crippen molar-refractivity contribution >= 4 is 15.7 Å². The topological polar surface area (TPSA) is 69.7 Å². The lowest BCUT2D eigenvalue weighted by molar-refractivity contribution is -0.136. The molecule has 2 saturated heterocycles. The molecule has 0 aromatic heterocycles. The lowest BCUT2D eigenvalue weighted by Crippen LogP contribution is -2.59. The number of nitrogens with zero attached hydrogens (tertiary/aromatic N) is 2. The van der Waals surface area contributed by atoms with Gasteiger partial charge in [-0.25, -0.2) is 8.42 Å². The van der Waals surface area contributed by atoms with Gasteiger partial charge in [0.1, 0.15) is 0 Å². The van der Waals surface area contributed by atoms with Gasteiger partial charge in [-0.2, -0.15) is 0 Å². The lowest BCUT2D eigenvalue weighted by atomic mass is 9.91. The zero-order valence-electron chi connectivity index (χ0n) is 15.4. The van der Waals surface area contributed by atoms with Gasteiger partial charge >= 0.3 is 0 Å². The molecule has 2 heterocycles. The maximum atomic E-state index is 13.1.